The van der Waals surface area contributed by atoms with E-state index in [0.717, 1.165) is 31.7 Å². The molecule has 2 aromatic carbocycles. The molecule has 0 saturated carbocycles. The molecule has 0 unspecified atom stereocenters. The Balaban J connectivity index is 1.41. The van der Waals surface area contributed by atoms with Gasteiger partial charge in [-0.2, -0.15) is 0 Å². The van der Waals surface area contributed by atoms with E-state index in [1.54, 1.807) is 0 Å². The van der Waals surface area contributed by atoms with E-state index in [1.807, 2.05) is 12.1 Å². The second-order valence-corrected chi connectivity index (χ2v) is 5.49. The number of benzene rings is 2. The summed E-state index contributed by atoms with van der Waals surface area (Å²) in [5.74, 6) is 0.960. The molecule has 0 atom stereocenters. The van der Waals surface area contributed by atoms with E-state index in [2.05, 4.69) is 48.6 Å². The first kappa shape index (κ1) is 13.2. The van der Waals surface area contributed by atoms with Gasteiger partial charge in [-0.25, -0.2) is 0 Å². The molecule has 2 aromatic rings. The number of rotatable bonds is 5. The van der Waals surface area contributed by atoms with Crippen LogP contribution in [-0.4, -0.2) is 19.2 Å². The smallest absolute Gasteiger partial charge is 0.119 e. The highest BCUT2D eigenvalue weighted by molar-refractivity contribution is 5.33. The first-order valence-corrected chi connectivity index (χ1v) is 7.31. The molecule has 2 heteroatoms. The highest BCUT2D eigenvalue weighted by atomic mass is 16.5. The van der Waals surface area contributed by atoms with Gasteiger partial charge in [0.05, 0.1) is 0 Å². The second kappa shape index (κ2) is 6.10. The van der Waals surface area contributed by atoms with Crippen LogP contribution in [0.25, 0.3) is 0 Å². The summed E-state index contributed by atoms with van der Waals surface area (Å²) in [6, 6.07) is 17.5. The van der Waals surface area contributed by atoms with E-state index in [4.69, 9.17) is 4.74 Å². The standard InChI is InChI=1S/C18H21NO/c1-14-5-4-8-18(11-14)20-10-9-19-17-12-15-6-2-3-7-16(15)13-17/h2-8,11,17,19H,9-10,12-13H2,1H3. The Morgan fingerprint density at radius 3 is 2.50 bits per heavy atom. The summed E-state index contributed by atoms with van der Waals surface area (Å²) in [6.07, 6.45) is 2.28. The summed E-state index contributed by atoms with van der Waals surface area (Å²) in [7, 11) is 0. The third-order valence-corrected chi connectivity index (χ3v) is 3.84. The van der Waals surface area contributed by atoms with Gasteiger partial charge in [-0.15, -0.1) is 0 Å². The average Bonchev–Trinajstić information content (AvgIpc) is 2.86. The van der Waals surface area contributed by atoms with Crippen molar-refractivity contribution in [3.05, 3.63) is 65.2 Å². The number of ether oxygens (including phenoxy) is 1. The van der Waals surface area contributed by atoms with Gasteiger partial charge in [0.15, 0.2) is 0 Å². The molecule has 2 nitrogen and oxygen atoms in total. The molecule has 0 amide bonds. The highest BCUT2D eigenvalue weighted by Gasteiger charge is 2.19. The molecule has 20 heavy (non-hydrogen) atoms. The predicted molar refractivity (Wildman–Crippen MR) is 82.3 cm³/mol. The Bertz CT molecular complexity index is 554. The van der Waals surface area contributed by atoms with Crippen LogP contribution in [0, 0.1) is 6.92 Å². The second-order valence-electron chi connectivity index (χ2n) is 5.49. The Kier molecular flexibility index (Phi) is 4.03. The van der Waals surface area contributed by atoms with E-state index in [-0.39, 0.29) is 0 Å². The zero-order chi connectivity index (χ0) is 13.8. The largest absolute Gasteiger partial charge is 0.492 e. The fourth-order valence-corrected chi connectivity index (χ4v) is 2.84. The molecule has 104 valence electrons. The SMILES string of the molecule is Cc1cccc(OCCNC2Cc3ccccc3C2)c1. The molecule has 0 aliphatic heterocycles. The monoisotopic (exact) mass is 267 g/mol. The molecule has 1 N–H and O–H groups in total. The van der Waals surface area contributed by atoms with Crippen molar-refractivity contribution >= 4 is 0 Å². The van der Waals surface area contributed by atoms with Gasteiger partial charge >= 0.3 is 0 Å². The molecular weight excluding hydrogens is 246 g/mol. The lowest BCUT2D eigenvalue weighted by molar-refractivity contribution is 0.305. The number of aryl methyl sites for hydroxylation is 1. The van der Waals surface area contributed by atoms with Crippen LogP contribution in [0.15, 0.2) is 48.5 Å². The molecule has 0 bridgehead atoms. The quantitative estimate of drug-likeness (QED) is 0.840. The summed E-state index contributed by atoms with van der Waals surface area (Å²) in [5.41, 5.74) is 4.22. The van der Waals surface area contributed by atoms with Crippen LogP contribution in [0.2, 0.25) is 0 Å². The number of hydrogen-bond acceptors (Lipinski definition) is 2. The number of fused-ring (bicyclic) bond motifs is 1. The van der Waals surface area contributed by atoms with Gasteiger partial charge in [-0.3, -0.25) is 0 Å². The van der Waals surface area contributed by atoms with Gasteiger partial charge in [-0.05, 0) is 48.6 Å². The van der Waals surface area contributed by atoms with Gasteiger partial charge < -0.3 is 10.1 Å². The van der Waals surface area contributed by atoms with E-state index < -0.39 is 0 Å². The molecule has 3 rings (SSSR count). The molecule has 0 heterocycles. The lowest BCUT2D eigenvalue weighted by atomic mass is 10.1. The van der Waals surface area contributed by atoms with Gasteiger partial charge in [0, 0.05) is 12.6 Å². The lowest BCUT2D eigenvalue weighted by Crippen LogP contribution is -2.33. The normalized spacial score (nSPS) is 14.2. The number of nitrogens with one attached hydrogen (secondary N) is 1. The molecule has 0 radical (unpaired) electrons. The fraction of sp³-hybridized carbons (Fsp3) is 0.333. The van der Waals surface area contributed by atoms with Crippen LogP contribution in [0.5, 0.6) is 5.75 Å². The summed E-state index contributed by atoms with van der Waals surface area (Å²) < 4.78 is 5.76. The summed E-state index contributed by atoms with van der Waals surface area (Å²) in [4.78, 5) is 0. The molecule has 0 spiro atoms. The van der Waals surface area contributed by atoms with Crippen LogP contribution in [-0.2, 0) is 12.8 Å². The lowest BCUT2D eigenvalue weighted by Gasteiger charge is -2.12. The minimum atomic E-state index is 0.563. The first-order chi connectivity index (χ1) is 9.81. The van der Waals surface area contributed by atoms with Crippen molar-refractivity contribution in [2.45, 2.75) is 25.8 Å². The topological polar surface area (TPSA) is 21.3 Å². The fourth-order valence-electron chi connectivity index (χ4n) is 2.84. The maximum Gasteiger partial charge on any atom is 0.119 e. The third kappa shape index (κ3) is 3.20. The van der Waals surface area contributed by atoms with Crippen molar-refractivity contribution in [3.8, 4) is 5.75 Å². The van der Waals surface area contributed by atoms with Crippen molar-refractivity contribution in [2.24, 2.45) is 0 Å². The van der Waals surface area contributed by atoms with Crippen LogP contribution in [0.4, 0.5) is 0 Å². The molecule has 1 aliphatic rings. The van der Waals surface area contributed by atoms with Crippen molar-refractivity contribution in [2.75, 3.05) is 13.2 Å². The van der Waals surface area contributed by atoms with Crippen molar-refractivity contribution in [1.82, 2.24) is 5.32 Å². The summed E-state index contributed by atoms with van der Waals surface area (Å²) in [5, 5.41) is 3.59. The van der Waals surface area contributed by atoms with Crippen LogP contribution in [0.1, 0.15) is 16.7 Å². The van der Waals surface area contributed by atoms with Crippen molar-refractivity contribution < 1.29 is 4.74 Å². The minimum Gasteiger partial charge on any atom is -0.492 e. The van der Waals surface area contributed by atoms with Crippen LogP contribution >= 0.6 is 0 Å². The first-order valence-electron chi connectivity index (χ1n) is 7.31. The maximum atomic E-state index is 5.76. The Hall–Kier alpha value is -1.80. The van der Waals surface area contributed by atoms with Crippen molar-refractivity contribution in [1.29, 1.82) is 0 Å². The van der Waals surface area contributed by atoms with Gasteiger partial charge in [0.1, 0.15) is 12.4 Å². The van der Waals surface area contributed by atoms with E-state index in [0.29, 0.717) is 6.04 Å². The predicted octanol–water partition coefficient (Wildman–Crippen LogP) is 3.13. The Morgan fingerprint density at radius 1 is 1.05 bits per heavy atom. The molecule has 0 saturated heterocycles. The maximum absolute atomic E-state index is 5.76. The average molecular weight is 267 g/mol. The van der Waals surface area contributed by atoms with E-state index in [1.165, 1.54) is 16.7 Å². The number of hydrogen-bond donors (Lipinski definition) is 1. The van der Waals surface area contributed by atoms with Crippen LogP contribution in [0.3, 0.4) is 0 Å². The van der Waals surface area contributed by atoms with Crippen LogP contribution < -0.4 is 10.1 Å². The molecule has 0 aromatic heterocycles. The molecule has 0 fully saturated rings. The highest BCUT2D eigenvalue weighted by Crippen LogP contribution is 2.21. The third-order valence-electron chi connectivity index (χ3n) is 3.84. The van der Waals surface area contributed by atoms with Gasteiger partial charge in [0.2, 0.25) is 0 Å². The van der Waals surface area contributed by atoms with E-state index in [9.17, 15) is 0 Å². The zero-order valence-electron chi connectivity index (χ0n) is 11.9. The van der Waals surface area contributed by atoms with E-state index >= 15 is 0 Å². The van der Waals surface area contributed by atoms with Crippen molar-refractivity contribution in [3.63, 3.8) is 0 Å². The molecule has 1 aliphatic carbocycles. The Labute approximate surface area is 120 Å². The van der Waals surface area contributed by atoms with Gasteiger partial charge in [0.25, 0.3) is 0 Å². The zero-order valence-corrected chi connectivity index (χ0v) is 11.9. The molecular formula is C18H21NO. The Morgan fingerprint density at radius 2 is 1.80 bits per heavy atom. The summed E-state index contributed by atoms with van der Waals surface area (Å²) >= 11 is 0. The van der Waals surface area contributed by atoms with Gasteiger partial charge in [-0.1, -0.05) is 36.4 Å². The summed E-state index contributed by atoms with van der Waals surface area (Å²) in [6.45, 7) is 3.70. The minimum absolute atomic E-state index is 0.563.